The Morgan fingerprint density at radius 3 is 0.901 bits per heavy atom. The third-order valence-corrected chi connectivity index (χ3v) is 14.7. The normalized spacial score (nSPS) is 13.0. The van der Waals surface area contributed by atoms with E-state index in [1.807, 2.05) is 84.9 Å². The SMILES string of the molecule is CCC(C)c1ccc(OC(=O)c2ccc(OC(=O)OC(C)(C)C)c(OC(=O)OC(C)(C)C)c2)cc1.CCOC(C)Oc1ccc(C(=O)Oc2ccc(C(C)CC)cc2)cc1OC(C)OCC.CCOC(C)Oc1ccc(C(=O)Oc2ccc(OC(=O)C(C)(C)CC)cc2)cc1OC(C)OCC. The lowest BCUT2D eigenvalue weighted by Crippen LogP contribution is -2.28. The number of carbonyl (C=O) groups excluding carboxylic acids is 6. The van der Waals surface area contributed by atoms with Crippen LogP contribution in [0, 0.1) is 5.41 Å². The van der Waals surface area contributed by atoms with E-state index in [4.69, 9.17) is 75.8 Å². The minimum Gasteiger partial charge on any atom is -0.461 e. The number of esters is 4. The first-order valence-corrected chi connectivity index (χ1v) is 34.2. The molecule has 0 radical (unpaired) electrons. The summed E-state index contributed by atoms with van der Waals surface area (Å²) < 4.78 is 87.8. The molecule has 0 aliphatic heterocycles. The summed E-state index contributed by atoms with van der Waals surface area (Å²) in [5.41, 5.74) is 0.851. The molecule has 6 aromatic carbocycles. The van der Waals surface area contributed by atoms with Crippen LogP contribution in [0.1, 0.15) is 219 Å². The van der Waals surface area contributed by atoms with Gasteiger partial charge in [0, 0.05) is 26.4 Å². The molecule has 552 valence electrons. The molecule has 22 nitrogen and oxygen atoms in total. The summed E-state index contributed by atoms with van der Waals surface area (Å²) in [6.45, 7) is 40.8. The molecule has 0 N–H and O–H groups in total. The van der Waals surface area contributed by atoms with Crippen LogP contribution in [0.5, 0.6) is 57.5 Å². The van der Waals surface area contributed by atoms with Gasteiger partial charge in [0.25, 0.3) is 0 Å². The molecule has 0 bridgehead atoms. The van der Waals surface area contributed by atoms with Gasteiger partial charge in [-0.05, 0) is 256 Å². The number of carbonyl (C=O) groups is 6. The van der Waals surface area contributed by atoms with Crippen molar-refractivity contribution in [3.63, 3.8) is 0 Å². The minimum atomic E-state index is -1.03. The molecule has 6 unspecified atom stereocenters. The molecule has 6 aromatic rings. The number of hydrogen-bond donors (Lipinski definition) is 0. The standard InChI is InChI=1S/C27H34O8.C27H36O8.C25H34O6/c1-9-17(2)18-10-13-20(14-11-18)31-23(28)19-12-15-21(32-24(29)34-26(3,4)5)22(16-19)33-25(30)35-27(6,7)8;1-8-27(6,7)26(29)35-22-14-12-21(13-15-22)34-25(28)20-11-16-23(32-18(4)30-9-2)24(17-20)33-19(5)31-10-3;1-7-17(4)20-10-13-22(14-11-20)31-25(26)21-12-15-23(29-18(5)27-8-2)24(16-21)30-19(6)28-9-3/h10-17H,9H2,1-8H3;11-19H,8-10H2,1-7H3;10-19H,7-9H2,1-6H3. The van der Waals surface area contributed by atoms with Crippen LogP contribution in [0.4, 0.5) is 9.59 Å². The zero-order chi connectivity index (χ0) is 75.2. The van der Waals surface area contributed by atoms with Crippen LogP contribution in [0.15, 0.2) is 127 Å². The predicted octanol–water partition coefficient (Wildman–Crippen LogP) is 18.8. The van der Waals surface area contributed by atoms with Crippen molar-refractivity contribution in [3.05, 3.63) is 155 Å². The second-order valence-electron chi connectivity index (χ2n) is 25.7. The van der Waals surface area contributed by atoms with Crippen LogP contribution in [-0.4, -0.2) is 99.0 Å². The van der Waals surface area contributed by atoms with E-state index in [9.17, 15) is 28.8 Å². The Morgan fingerprint density at radius 1 is 0.327 bits per heavy atom. The van der Waals surface area contributed by atoms with Crippen LogP contribution >= 0.6 is 0 Å². The molecule has 0 aliphatic carbocycles. The molecule has 6 rings (SSSR count). The quantitative estimate of drug-likeness (QED) is 0.0170. The van der Waals surface area contributed by atoms with Crippen molar-refractivity contribution in [2.45, 2.75) is 213 Å². The number of benzene rings is 6. The largest absolute Gasteiger partial charge is 0.514 e. The second kappa shape index (κ2) is 40.9. The van der Waals surface area contributed by atoms with Gasteiger partial charge in [-0.3, -0.25) is 4.79 Å². The summed E-state index contributed by atoms with van der Waals surface area (Å²) in [4.78, 5) is 74.9. The van der Waals surface area contributed by atoms with Gasteiger partial charge in [-0.1, -0.05) is 58.9 Å². The van der Waals surface area contributed by atoms with Gasteiger partial charge in [0.1, 0.15) is 34.2 Å². The highest BCUT2D eigenvalue weighted by molar-refractivity contribution is 5.93. The van der Waals surface area contributed by atoms with E-state index in [2.05, 4.69) is 27.7 Å². The van der Waals surface area contributed by atoms with Gasteiger partial charge in [-0.25, -0.2) is 24.0 Å². The third-order valence-electron chi connectivity index (χ3n) is 14.7. The van der Waals surface area contributed by atoms with Gasteiger partial charge in [-0.15, -0.1) is 0 Å². The van der Waals surface area contributed by atoms with Gasteiger partial charge in [0.15, 0.2) is 59.7 Å². The smallest absolute Gasteiger partial charge is 0.461 e. The van der Waals surface area contributed by atoms with Crippen LogP contribution in [0.2, 0.25) is 0 Å². The van der Waals surface area contributed by atoms with Gasteiger partial charge >= 0.3 is 36.2 Å². The first kappa shape index (κ1) is 84.2. The van der Waals surface area contributed by atoms with Gasteiger partial charge in [-0.2, -0.15) is 0 Å². The lowest BCUT2D eigenvalue weighted by molar-refractivity contribution is -0.144. The molecule has 0 saturated carbocycles. The molecule has 0 fully saturated rings. The summed E-state index contributed by atoms with van der Waals surface area (Å²) in [6, 6.07) is 34.7. The Labute approximate surface area is 595 Å². The maximum Gasteiger partial charge on any atom is 0.514 e. The highest BCUT2D eigenvalue weighted by atomic mass is 16.8. The molecule has 6 atom stereocenters. The van der Waals surface area contributed by atoms with E-state index < -0.39 is 72.0 Å². The minimum absolute atomic E-state index is 0.0751. The molecule has 0 aliphatic rings. The molecule has 0 heterocycles. The van der Waals surface area contributed by atoms with E-state index in [1.165, 1.54) is 29.8 Å². The molecule has 0 spiro atoms. The number of ether oxygens (including phenoxy) is 16. The zero-order valence-electron chi connectivity index (χ0n) is 62.5. The van der Waals surface area contributed by atoms with Crippen LogP contribution in [0.3, 0.4) is 0 Å². The average molecular weight is 1410 g/mol. The zero-order valence-corrected chi connectivity index (χ0v) is 62.5. The third kappa shape index (κ3) is 29.9. The lowest BCUT2D eigenvalue weighted by atomic mass is 9.91. The lowest BCUT2D eigenvalue weighted by Gasteiger charge is -2.21. The molecule has 0 saturated heterocycles. The van der Waals surface area contributed by atoms with E-state index >= 15 is 0 Å². The Kier molecular flexibility index (Phi) is 34.1. The van der Waals surface area contributed by atoms with E-state index in [-0.39, 0.29) is 28.6 Å². The van der Waals surface area contributed by atoms with Crippen molar-refractivity contribution < 1.29 is 105 Å². The summed E-state index contributed by atoms with van der Waals surface area (Å²) >= 11 is 0. The Balaban J connectivity index is 0.000000322. The van der Waals surface area contributed by atoms with E-state index in [0.717, 1.165) is 18.4 Å². The summed E-state index contributed by atoms with van der Waals surface area (Å²) in [6.07, 6.45) is -1.34. The van der Waals surface area contributed by atoms with E-state index in [1.54, 1.807) is 136 Å². The summed E-state index contributed by atoms with van der Waals surface area (Å²) in [7, 11) is 0. The Morgan fingerprint density at radius 2 is 0.604 bits per heavy atom. The predicted molar refractivity (Wildman–Crippen MR) is 381 cm³/mol. The summed E-state index contributed by atoms with van der Waals surface area (Å²) in [5, 5.41) is 0. The summed E-state index contributed by atoms with van der Waals surface area (Å²) in [5.74, 6) is 1.59. The van der Waals surface area contributed by atoms with Gasteiger partial charge < -0.3 is 75.8 Å². The van der Waals surface area contributed by atoms with Crippen LogP contribution in [-0.2, 0) is 33.2 Å². The first-order valence-electron chi connectivity index (χ1n) is 34.2. The molecular weight excluding hydrogens is 1300 g/mol. The first-order chi connectivity index (χ1) is 47.6. The van der Waals surface area contributed by atoms with Crippen molar-refractivity contribution in [1.29, 1.82) is 0 Å². The van der Waals surface area contributed by atoms with Crippen molar-refractivity contribution in [2.75, 3.05) is 26.4 Å². The van der Waals surface area contributed by atoms with Crippen LogP contribution < -0.4 is 47.4 Å². The van der Waals surface area contributed by atoms with Crippen molar-refractivity contribution in [1.82, 2.24) is 0 Å². The average Bonchev–Trinajstić information content (AvgIpc) is 0.870. The monoisotopic (exact) mass is 1400 g/mol. The second-order valence-corrected chi connectivity index (χ2v) is 25.7. The maximum atomic E-state index is 12.8. The van der Waals surface area contributed by atoms with Crippen LogP contribution in [0.25, 0.3) is 0 Å². The van der Waals surface area contributed by atoms with Gasteiger partial charge in [0.2, 0.25) is 0 Å². The molecule has 0 amide bonds. The van der Waals surface area contributed by atoms with Crippen molar-refractivity contribution >= 4 is 36.2 Å². The Hall–Kier alpha value is -9.22. The highest BCUT2D eigenvalue weighted by Gasteiger charge is 2.29. The number of hydrogen-bond acceptors (Lipinski definition) is 22. The highest BCUT2D eigenvalue weighted by Crippen LogP contribution is 2.36. The Bertz CT molecular complexity index is 3570. The molecule has 0 aromatic heterocycles. The molecule has 101 heavy (non-hydrogen) atoms. The molecule has 22 heteroatoms. The maximum absolute atomic E-state index is 12.8. The number of rotatable bonds is 31. The van der Waals surface area contributed by atoms with E-state index in [0.29, 0.717) is 96.2 Å². The van der Waals surface area contributed by atoms with Crippen molar-refractivity contribution in [3.8, 4) is 57.5 Å². The fourth-order valence-corrected chi connectivity index (χ4v) is 8.62. The fraction of sp³-hybridized carbons (Fsp3) is 0.468. The fourth-order valence-electron chi connectivity index (χ4n) is 8.62. The molecular formula is C79H104O22. The topological polar surface area (TPSA) is 250 Å². The van der Waals surface area contributed by atoms with Gasteiger partial charge in [0.05, 0.1) is 22.1 Å². The van der Waals surface area contributed by atoms with Crippen molar-refractivity contribution in [2.24, 2.45) is 5.41 Å².